The minimum atomic E-state index is -4.52. The molecule has 2 heterocycles. The van der Waals surface area contributed by atoms with E-state index < -0.39 is 55.5 Å². The average Bonchev–Trinajstić information content (AvgIpc) is 3.51. The summed E-state index contributed by atoms with van der Waals surface area (Å²) in [5.74, 6) is -2.88. The Balaban J connectivity index is 1.57. The second-order valence-electron chi connectivity index (χ2n) is 9.14. The second kappa shape index (κ2) is 9.51. The first-order valence-electron chi connectivity index (χ1n) is 11.4. The van der Waals surface area contributed by atoms with Gasteiger partial charge in [0.15, 0.2) is 6.10 Å². The van der Waals surface area contributed by atoms with Crippen LogP contribution in [-0.4, -0.2) is 71.0 Å². The van der Waals surface area contributed by atoms with Crippen molar-refractivity contribution in [2.75, 3.05) is 19.7 Å². The van der Waals surface area contributed by atoms with Crippen molar-refractivity contribution >= 4 is 17.1 Å². The monoisotopic (exact) mass is 505 g/mol. The molecular weight excluding hydrogens is 477 g/mol. The molecule has 2 aromatic rings. The first-order chi connectivity index (χ1) is 16.3. The number of imidazole rings is 1. The number of H-pyrrole nitrogens is 1. The Kier molecular flexibility index (Phi) is 6.95. The van der Waals surface area contributed by atoms with Crippen molar-refractivity contribution in [1.29, 1.82) is 0 Å². The third-order valence-electron chi connectivity index (χ3n) is 6.16. The van der Waals surface area contributed by atoms with Crippen LogP contribution in [0, 0.1) is 0 Å². The first kappa shape index (κ1) is 25.6. The number of carbonyl (C=O) groups is 1. The van der Waals surface area contributed by atoms with E-state index in [1.165, 1.54) is 6.92 Å². The van der Waals surface area contributed by atoms with Crippen LogP contribution in [0.25, 0.3) is 11.0 Å². The Hall–Kier alpha value is -2.51. The second-order valence-corrected chi connectivity index (χ2v) is 9.14. The van der Waals surface area contributed by atoms with E-state index in [1.54, 1.807) is 18.2 Å². The maximum Gasteiger partial charge on any atom is 0.414 e. The minimum absolute atomic E-state index is 0.0384. The summed E-state index contributed by atoms with van der Waals surface area (Å²) in [7, 11) is 0. The van der Waals surface area contributed by atoms with E-state index in [9.17, 15) is 26.7 Å². The molecule has 35 heavy (non-hydrogen) atoms. The summed E-state index contributed by atoms with van der Waals surface area (Å²) in [4.78, 5) is 20.9. The number of nitrogens with zero attached hydrogens (tertiary/aromatic N) is 2. The highest BCUT2D eigenvalue weighted by Crippen LogP contribution is 2.33. The number of nitrogens with one attached hydrogen (secondary N) is 2. The highest BCUT2D eigenvalue weighted by Gasteiger charge is 2.43. The highest BCUT2D eigenvalue weighted by molar-refractivity contribution is 5.78. The van der Waals surface area contributed by atoms with Crippen LogP contribution in [-0.2, 0) is 9.47 Å². The van der Waals surface area contributed by atoms with Gasteiger partial charge in [-0.25, -0.2) is 18.6 Å². The number of amides is 2. The molecule has 1 aliphatic heterocycles. The predicted molar refractivity (Wildman–Crippen MR) is 116 cm³/mol. The number of alkyl halides is 5. The van der Waals surface area contributed by atoms with E-state index in [1.807, 2.05) is 0 Å². The quantitative estimate of drug-likeness (QED) is 0.450. The fourth-order valence-corrected chi connectivity index (χ4v) is 3.88. The zero-order valence-corrected chi connectivity index (χ0v) is 19.2. The molecule has 1 aliphatic carbocycles. The van der Waals surface area contributed by atoms with Gasteiger partial charge in [0.25, 0.3) is 5.92 Å². The van der Waals surface area contributed by atoms with Gasteiger partial charge in [-0.15, -0.1) is 0 Å². The van der Waals surface area contributed by atoms with Crippen molar-refractivity contribution in [1.82, 2.24) is 20.2 Å². The summed E-state index contributed by atoms with van der Waals surface area (Å²) < 4.78 is 77.4. The molecule has 1 aromatic heterocycles. The molecule has 1 saturated carbocycles. The smallest absolute Gasteiger partial charge is 0.376 e. The topological polar surface area (TPSA) is 106 Å². The first-order valence-corrected chi connectivity index (χ1v) is 11.4. The molecule has 1 saturated heterocycles. The van der Waals surface area contributed by atoms with E-state index in [4.69, 9.17) is 15.2 Å². The van der Waals surface area contributed by atoms with Crippen LogP contribution in [0.2, 0.25) is 0 Å². The lowest BCUT2D eigenvalue weighted by atomic mass is 10.0. The number of halogens is 5. The number of nitrogens with two attached hydrogens (primary N) is 1. The molecular formula is C22H28F5N5O3. The number of urea groups is 1. The van der Waals surface area contributed by atoms with Gasteiger partial charge < -0.3 is 30.4 Å². The summed E-state index contributed by atoms with van der Waals surface area (Å²) in [6.07, 6.45) is -5.72. The van der Waals surface area contributed by atoms with Crippen LogP contribution in [0.1, 0.15) is 50.2 Å². The molecule has 8 nitrogen and oxygen atoms in total. The van der Waals surface area contributed by atoms with Crippen LogP contribution in [0.4, 0.5) is 26.7 Å². The number of rotatable bonds is 9. The number of aromatic amines is 1. The number of ether oxygens (including phenoxy) is 2. The zero-order valence-electron chi connectivity index (χ0n) is 19.2. The van der Waals surface area contributed by atoms with Crippen molar-refractivity contribution in [2.24, 2.45) is 5.73 Å². The number of fused-ring (bicyclic) bond motifs is 1. The number of benzene rings is 1. The average molecular weight is 505 g/mol. The zero-order chi connectivity index (χ0) is 25.5. The molecule has 0 bridgehead atoms. The lowest BCUT2D eigenvalue weighted by Crippen LogP contribution is -2.58. The summed E-state index contributed by atoms with van der Waals surface area (Å²) in [6, 6.07) is 2.58. The van der Waals surface area contributed by atoms with Crippen LogP contribution in [0.15, 0.2) is 18.2 Å². The molecule has 4 atom stereocenters. The maximum absolute atomic E-state index is 14.1. The Morgan fingerprint density at radius 3 is 2.66 bits per heavy atom. The summed E-state index contributed by atoms with van der Waals surface area (Å²) in [5.41, 5.74) is 7.60. The molecule has 194 valence electrons. The third-order valence-corrected chi connectivity index (χ3v) is 6.16. The van der Waals surface area contributed by atoms with Crippen molar-refractivity contribution in [3.05, 3.63) is 29.6 Å². The van der Waals surface area contributed by atoms with Gasteiger partial charge in [0.05, 0.1) is 55.0 Å². The minimum Gasteiger partial charge on any atom is -0.376 e. The van der Waals surface area contributed by atoms with Crippen LogP contribution >= 0.6 is 0 Å². The van der Waals surface area contributed by atoms with Crippen molar-refractivity contribution in [3.8, 4) is 0 Å². The summed E-state index contributed by atoms with van der Waals surface area (Å²) in [6.45, 7) is 0.880. The van der Waals surface area contributed by atoms with Gasteiger partial charge in [-0.3, -0.25) is 0 Å². The number of aromatic nitrogens is 2. The summed E-state index contributed by atoms with van der Waals surface area (Å²) in [5, 5.41) is 2.22. The molecule has 2 amide bonds. The molecule has 0 unspecified atom stereocenters. The molecule has 2 fully saturated rings. The van der Waals surface area contributed by atoms with E-state index in [-0.39, 0.29) is 18.5 Å². The fraction of sp³-hybridized carbons (Fsp3) is 0.636. The van der Waals surface area contributed by atoms with Gasteiger partial charge in [0, 0.05) is 0 Å². The van der Waals surface area contributed by atoms with Crippen molar-refractivity contribution in [2.45, 2.75) is 69.2 Å². The van der Waals surface area contributed by atoms with Crippen LogP contribution in [0.5, 0.6) is 0 Å². The molecule has 4 N–H and O–H groups in total. The molecule has 4 rings (SSSR count). The Morgan fingerprint density at radius 1 is 1.29 bits per heavy atom. The van der Waals surface area contributed by atoms with Gasteiger partial charge in [0.1, 0.15) is 5.82 Å². The van der Waals surface area contributed by atoms with Crippen molar-refractivity contribution in [3.63, 3.8) is 0 Å². The van der Waals surface area contributed by atoms with Crippen LogP contribution < -0.4 is 11.1 Å². The lowest BCUT2D eigenvalue weighted by molar-refractivity contribution is -0.227. The molecule has 13 heteroatoms. The van der Waals surface area contributed by atoms with Gasteiger partial charge in [-0.05, 0) is 44.4 Å². The van der Waals surface area contributed by atoms with E-state index in [0.717, 1.165) is 24.7 Å². The van der Waals surface area contributed by atoms with E-state index >= 15 is 0 Å². The maximum atomic E-state index is 14.1. The Bertz CT molecular complexity index is 1060. The summed E-state index contributed by atoms with van der Waals surface area (Å²) >= 11 is 0. The van der Waals surface area contributed by atoms with E-state index in [0.29, 0.717) is 16.6 Å². The third kappa shape index (κ3) is 6.01. The lowest BCUT2D eigenvalue weighted by Gasteiger charge is -2.38. The van der Waals surface area contributed by atoms with Gasteiger partial charge in [-0.2, -0.15) is 13.2 Å². The largest absolute Gasteiger partial charge is 0.414 e. The Labute approximate surface area is 198 Å². The van der Waals surface area contributed by atoms with Gasteiger partial charge in [0.2, 0.25) is 0 Å². The molecule has 1 aromatic carbocycles. The fourth-order valence-electron chi connectivity index (χ4n) is 3.88. The molecule has 0 spiro atoms. The van der Waals surface area contributed by atoms with Crippen LogP contribution in [0.3, 0.4) is 0 Å². The number of hydrogen-bond acceptors (Lipinski definition) is 5. The molecule has 2 aliphatic rings. The van der Waals surface area contributed by atoms with Gasteiger partial charge in [-0.1, -0.05) is 6.07 Å². The SMILES string of the molecule is C[C@H](O[C@H](C)[C@H](N)c1nc2cc([C@@H](COC3CC3)N3CC(F)(F)CNC3=O)ccc2[nH]1)C(F)(F)F. The number of hydrogen-bond donors (Lipinski definition) is 3. The Morgan fingerprint density at radius 2 is 2.00 bits per heavy atom. The van der Waals surface area contributed by atoms with Gasteiger partial charge >= 0.3 is 12.2 Å². The number of carbonyl (C=O) groups excluding carboxylic acids is 1. The predicted octanol–water partition coefficient (Wildman–Crippen LogP) is 3.80. The standard InChI is InChI=1S/C22H28F5N5O3/c1-11(35-12(2)22(25,26)27)18(28)19-30-15-6-3-13(7-16(15)31-19)17(8-34-14-4-5-14)32-10-21(23,24)9-29-20(32)33/h3,6-7,11-12,14,17-18H,4-5,8-10,28H2,1-2H3,(H,29,33)(H,30,31)/t11-,12+,17-,18+/m1/s1. The highest BCUT2D eigenvalue weighted by atomic mass is 19.4. The normalized spacial score (nSPS) is 22.1. The van der Waals surface area contributed by atoms with E-state index in [2.05, 4.69) is 15.3 Å². The van der Waals surface area contributed by atoms with Crippen molar-refractivity contribution < 1.29 is 36.2 Å². The molecule has 0 radical (unpaired) electrons.